The molecule has 2 aromatic carbocycles. The van der Waals surface area contributed by atoms with E-state index < -0.39 is 0 Å². The maximum Gasteiger partial charge on any atom is 0.138 e. The minimum atomic E-state index is 0.0968. The number of fused-ring (bicyclic) bond motifs is 5. The summed E-state index contributed by atoms with van der Waals surface area (Å²) in [6, 6.07) is 17.2. The molecule has 23 heavy (non-hydrogen) atoms. The minimum Gasteiger partial charge on any atom is -0.299 e. The summed E-state index contributed by atoms with van der Waals surface area (Å²) in [7, 11) is 0. The highest BCUT2D eigenvalue weighted by Gasteiger charge is 2.52. The van der Waals surface area contributed by atoms with E-state index in [2.05, 4.69) is 48.5 Å². The fourth-order valence-corrected chi connectivity index (χ4v) is 5.27. The molecule has 2 atom stereocenters. The molecular formula is C22H20O. The lowest BCUT2D eigenvalue weighted by molar-refractivity contribution is -0.120. The molecule has 0 saturated heterocycles. The van der Waals surface area contributed by atoms with Gasteiger partial charge in [-0.2, -0.15) is 0 Å². The van der Waals surface area contributed by atoms with E-state index in [0.717, 1.165) is 19.3 Å². The molecule has 2 bridgehead atoms. The second-order valence-electron chi connectivity index (χ2n) is 7.42. The van der Waals surface area contributed by atoms with E-state index in [9.17, 15) is 4.79 Å². The number of ketones is 1. The molecule has 0 aliphatic heterocycles. The third kappa shape index (κ3) is 1.83. The van der Waals surface area contributed by atoms with Crippen molar-refractivity contribution in [2.24, 2.45) is 5.92 Å². The summed E-state index contributed by atoms with van der Waals surface area (Å²) in [4.78, 5) is 12.6. The maximum absolute atomic E-state index is 12.6. The van der Waals surface area contributed by atoms with Crippen molar-refractivity contribution in [1.82, 2.24) is 0 Å². The van der Waals surface area contributed by atoms with Crippen molar-refractivity contribution >= 4 is 5.78 Å². The number of hydrogen-bond acceptors (Lipinski definition) is 1. The van der Waals surface area contributed by atoms with Crippen LogP contribution in [0.1, 0.15) is 36.8 Å². The van der Waals surface area contributed by atoms with Gasteiger partial charge in [-0.3, -0.25) is 4.79 Å². The normalized spacial score (nSPS) is 28.1. The molecule has 3 aliphatic carbocycles. The molecule has 5 rings (SSSR count). The number of allylic oxidation sites excluding steroid dienone is 2. The third-order valence-corrected chi connectivity index (χ3v) is 6.21. The number of hydrogen-bond donors (Lipinski definition) is 0. The molecule has 3 aliphatic rings. The van der Waals surface area contributed by atoms with E-state index >= 15 is 0 Å². The van der Waals surface area contributed by atoms with E-state index in [0.29, 0.717) is 18.1 Å². The van der Waals surface area contributed by atoms with Gasteiger partial charge in [0.1, 0.15) is 5.78 Å². The van der Waals surface area contributed by atoms with E-state index in [-0.39, 0.29) is 5.41 Å². The van der Waals surface area contributed by atoms with Crippen molar-refractivity contribution in [2.75, 3.05) is 0 Å². The van der Waals surface area contributed by atoms with Crippen LogP contribution in [-0.2, 0) is 16.6 Å². The average Bonchev–Trinajstić information content (AvgIpc) is 3.16. The van der Waals surface area contributed by atoms with Crippen LogP contribution in [0.15, 0.2) is 60.2 Å². The van der Waals surface area contributed by atoms with Crippen LogP contribution in [-0.4, -0.2) is 5.78 Å². The van der Waals surface area contributed by atoms with Gasteiger partial charge in [0, 0.05) is 18.3 Å². The molecule has 0 aromatic heterocycles. The number of rotatable bonds is 1. The third-order valence-electron chi connectivity index (χ3n) is 6.21. The Balaban J connectivity index is 1.73. The lowest BCUT2D eigenvalue weighted by Crippen LogP contribution is -2.39. The predicted molar refractivity (Wildman–Crippen MR) is 92.3 cm³/mol. The fourth-order valence-electron chi connectivity index (χ4n) is 5.27. The Labute approximate surface area is 137 Å². The van der Waals surface area contributed by atoms with E-state index in [1.165, 1.54) is 28.7 Å². The molecule has 0 amide bonds. The van der Waals surface area contributed by atoms with Crippen LogP contribution in [0.5, 0.6) is 0 Å². The van der Waals surface area contributed by atoms with E-state index in [1.807, 2.05) is 6.07 Å². The highest BCUT2D eigenvalue weighted by molar-refractivity contribution is 5.89. The number of Topliss-reactive ketones (excluding diaryl/α,β-unsaturated/α-hetero) is 1. The van der Waals surface area contributed by atoms with Gasteiger partial charge in [-0.25, -0.2) is 0 Å². The summed E-state index contributed by atoms with van der Waals surface area (Å²) in [5.41, 5.74) is 6.93. The zero-order valence-corrected chi connectivity index (χ0v) is 13.2. The van der Waals surface area contributed by atoms with Gasteiger partial charge >= 0.3 is 0 Å². The van der Waals surface area contributed by atoms with Crippen molar-refractivity contribution in [2.45, 2.75) is 37.5 Å². The molecule has 0 N–H and O–H groups in total. The molecule has 1 nitrogen and oxygen atoms in total. The van der Waals surface area contributed by atoms with Crippen LogP contribution in [0.3, 0.4) is 0 Å². The predicted octanol–water partition coefficient (Wildman–Crippen LogP) is 4.85. The molecule has 1 saturated carbocycles. The van der Waals surface area contributed by atoms with Gasteiger partial charge in [-0.15, -0.1) is 0 Å². The first-order valence-corrected chi connectivity index (χ1v) is 8.64. The van der Waals surface area contributed by atoms with Gasteiger partial charge in [-0.05, 0) is 47.4 Å². The highest BCUT2D eigenvalue weighted by Crippen LogP contribution is 2.58. The molecule has 114 valence electrons. The number of carbonyl (C=O) groups is 1. The summed E-state index contributed by atoms with van der Waals surface area (Å²) in [6.45, 7) is 0. The first-order valence-electron chi connectivity index (χ1n) is 8.64. The molecule has 1 heteroatoms. The van der Waals surface area contributed by atoms with Crippen molar-refractivity contribution in [3.8, 4) is 11.1 Å². The summed E-state index contributed by atoms with van der Waals surface area (Å²) in [5, 5.41) is 0. The standard InChI is InChI=1S/C22H20O/c23-18-12-20-19(16-5-2-1-3-6-16)7-4-8-21(20)22(14-18)13-15-9-10-17(22)11-15/h1-9,17H,10-14H2. The second kappa shape index (κ2) is 4.67. The zero-order valence-electron chi connectivity index (χ0n) is 13.2. The van der Waals surface area contributed by atoms with E-state index in [1.54, 1.807) is 5.57 Å². The van der Waals surface area contributed by atoms with Crippen LogP contribution in [0.25, 0.3) is 11.1 Å². The van der Waals surface area contributed by atoms with Gasteiger partial charge in [0.15, 0.2) is 0 Å². The Bertz CT molecular complexity index is 830. The molecule has 1 fully saturated rings. The maximum atomic E-state index is 12.6. The quantitative estimate of drug-likeness (QED) is 0.688. The number of carbonyl (C=O) groups excluding carboxylic acids is 1. The summed E-state index contributed by atoms with van der Waals surface area (Å²) in [6.07, 6.45) is 7.25. The summed E-state index contributed by atoms with van der Waals surface area (Å²) in [5.74, 6) is 1.07. The second-order valence-corrected chi connectivity index (χ2v) is 7.42. The van der Waals surface area contributed by atoms with Crippen LogP contribution >= 0.6 is 0 Å². The largest absolute Gasteiger partial charge is 0.299 e. The topological polar surface area (TPSA) is 17.1 Å². The van der Waals surface area contributed by atoms with Crippen LogP contribution < -0.4 is 0 Å². The zero-order chi connectivity index (χ0) is 15.4. The monoisotopic (exact) mass is 300 g/mol. The number of benzene rings is 2. The smallest absolute Gasteiger partial charge is 0.138 e. The van der Waals surface area contributed by atoms with Gasteiger partial charge in [0.05, 0.1) is 0 Å². The van der Waals surface area contributed by atoms with Crippen molar-refractivity contribution in [3.05, 3.63) is 71.3 Å². The molecule has 1 spiro atoms. The lowest BCUT2D eigenvalue weighted by Gasteiger charge is -2.41. The van der Waals surface area contributed by atoms with Crippen molar-refractivity contribution < 1.29 is 4.79 Å². The van der Waals surface area contributed by atoms with Gasteiger partial charge < -0.3 is 0 Å². The lowest BCUT2D eigenvalue weighted by atomic mass is 9.61. The summed E-state index contributed by atoms with van der Waals surface area (Å²) >= 11 is 0. The molecular weight excluding hydrogens is 280 g/mol. The Morgan fingerprint density at radius 2 is 1.83 bits per heavy atom. The minimum absolute atomic E-state index is 0.0968. The summed E-state index contributed by atoms with van der Waals surface area (Å²) < 4.78 is 0. The Morgan fingerprint density at radius 3 is 2.57 bits per heavy atom. The molecule has 0 radical (unpaired) electrons. The Morgan fingerprint density at radius 1 is 0.957 bits per heavy atom. The first kappa shape index (κ1) is 13.3. The van der Waals surface area contributed by atoms with Crippen LogP contribution in [0.4, 0.5) is 0 Å². The van der Waals surface area contributed by atoms with Crippen molar-refractivity contribution in [3.63, 3.8) is 0 Å². The SMILES string of the molecule is O=C1Cc2c(-c3ccccc3)cccc2C2(C1)CC1=CCC2C1. The van der Waals surface area contributed by atoms with E-state index in [4.69, 9.17) is 0 Å². The average molecular weight is 300 g/mol. The van der Waals surface area contributed by atoms with Crippen LogP contribution in [0.2, 0.25) is 0 Å². The van der Waals surface area contributed by atoms with Crippen molar-refractivity contribution in [1.29, 1.82) is 0 Å². The molecule has 2 aromatic rings. The van der Waals surface area contributed by atoms with Gasteiger partial charge in [-0.1, -0.05) is 60.2 Å². The van der Waals surface area contributed by atoms with Gasteiger partial charge in [0.25, 0.3) is 0 Å². The van der Waals surface area contributed by atoms with Crippen LogP contribution in [0, 0.1) is 5.92 Å². The molecule has 2 unspecified atom stereocenters. The Kier molecular flexibility index (Phi) is 2.70. The molecule has 0 heterocycles. The highest BCUT2D eigenvalue weighted by atomic mass is 16.1. The van der Waals surface area contributed by atoms with Gasteiger partial charge in [0.2, 0.25) is 0 Å². The fraction of sp³-hybridized carbons (Fsp3) is 0.318. The Hall–Kier alpha value is -2.15. The first-order chi connectivity index (χ1) is 11.3.